The van der Waals surface area contributed by atoms with Crippen LogP contribution in [0.3, 0.4) is 0 Å². The van der Waals surface area contributed by atoms with E-state index in [4.69, 9.17) is 4.74 Å². The molecule has 3 nitrogen and oxygen atoms in total. The molecule has 1 N–H and O–H groups in total. The SMILES string of the molecule is Cc1cccc(CNC(=O)/C=C/C2CCC(C3CCCCCC3)O2)c1. The lowest BCUT2D eigenvalue weighted by molar-refractivity contribution is -0.116. The Labute approximate surface area is 151 Å². The molecule has 2 aliphatic rings. The third-order valence-corrected chi connectivity index (χ3v) is 5.52. The van der Waals surface area contributed by atoms with Crippen LogP contribution >= 0.6 is 0 Å². The minimum absolute atomic E-state index is 0.0389. The first-order chi connectivity index (χ1) is 12.2. The summed E-state index contributed by atoms with van der Waals surface area (Å²) in [4.78, 5) is 12.0. The fourth-order valence-corrected chi connectivity index (χ4v) is 4.13. The lowest BCUT2D eigenvalue weighted by Gasteiger charge is -2.21. The van der Waals surface area contributed by atoms with Gasteiger partial charge in [-0.05, 0) is 44.1 Å². The summed E-state index contributed by atoms with van der Waals surface area (Å²) in [5, 5.41) is 2.95. The molecule has 25 heavy (non-hydrogen) atoms. The third kappa shape index (κ3) is 5.71. The summed E-state index contributed by atoms with van der Waals surface area (Å²) in [6.07, 6.45) is 14.4. The largest absolute Gasteiger partial charge is 0.371 e. The second-order valence-corrected chi connectivity index (χ2v) is 7.61. The topological polar surface area (TPSA) is 38.3 Å². The second kappa shape index (κ2) is 9.19. The van der Waals surface area contributed by atoms with Gasteiger partial charge in [-0.25, -0.2) is 0 Å². The van der Waals surface area contributed by atoms with Gasteiger partial charge in [0.05, 0.1) is 12.2 Å². The van der Waals surface area contributed by atoms with Gasteiger partial charge in [0.15, 0.2) is 0 Å². The van der Waals surface area contributed by atoms with Gasteiger partial charge in [0, 0.05) is 12.6 Å². The van der Waals surface area contributed by atoms with Crippen molar-refractivity contribution in [3.05, 3.63) is 47.5 Å². The molecule has 1 saturated heterocycles. The molecule has 1 amide bonds. The van der Waals surface area contributed by atoms with E-state index in [2.05, 4.69) is 24.4 Å². The Balaban J connectivity index is 1.42. The van der Waals surface area contributed by atoms with Gasteiger partial charge >= 0.3 is 0 Å². The van der Waals surface area contributed by atoms with Crippen LogP contribution in [-0.4, -0.2) is 18.1 Å². The van der Waals surface area contributed by atoms with Gasteiger partial charge < -0.3 is 10.1 Å². The van der Waals surface area contributed by atoms with Crippen molar-refractivity contribution in [1.29, 1.82) is 0 Å². The number of carbonyl (C=O) groups is 1. The van der Waals surface area contributed by atoms with Gasteiger partial charge in [-0.2, -0.15) is 0 Å². The van der Waals surface area contributed by atoms with E-state index in [0.29, 0.717) is 12.6 Å². The minimum Gasteiger partial charge on any atom is -0.371 e. The van der Waals surface area contributed by atoms with E-state index in [0.717, 1.165) is 24.3 Å². The van der Waals surface area contributed by atoms with Crippen LogP contribution < -0.4 is 5.32 Å². The van der Waals surface area contributed by atoms with Gasteiger partial charge in [-0.1, -0.05) is 61.6 Å². The number of benzene rings is 1. The summed E-state index contributed by atoms with van der Waals surface area (Å²) >= 11 is 0. The van der Waals surface area contributed by atoms with Crippen LogP contribution in [0.1, 0.15) is 62.5 Å². The highest BCUT2D eigenvalue weighted by molar-refractivity contribution is 5.87. The molecule has 2 fully saturated rings. The molecule has 136 valence electrons. The predicted octanol–water partition coefficient (Wildman–Crippen LogP) is 4.69. The molecular weight excluding hydrogens is 310 g/mol. The standard InChI is InChI=1S/C22H31NO2/c1-17-7-6-8-18(15-17)16-23-22(24)14-12-20-11-13-21(25-20)19-9-4-2-3-5-10-19/h6-8,12,14-15,19-21H,2-5,9-11,13,16H2,1H3,(H,23,24)/b14-12+. The molecule has 3 heteroatoms. The van der Waals surface area contributed by atoms with Crippen molar-refractivity contribution < 1.29 is 9.53 Å². The Morgan fingerprint density at radius 3 is 2.72 bits per heavy atom. The van der Waals surface area contributed by atoms with E-state index in [1.807, 2.05) is 18.2 Å². The molecule has 1 aromatic carbocycles. The molecule has 2 atom stereocenters. The summed E-state index contributed by atoms with van der Waals surface area (Å²) in [5.74, 6) is 0.694. The van der Waals surface area contributed by atoms with Gasteiger partial charge in [0.1, 0.15) is 0 Å². The normalized spacial score (nSPS) is 25.2. The van der Waals surface area contributed by atoms with Gasteiger partial charge in [0.25, 0.3) is 0 Å². The Morgan fingerprint density at radius 2 is 1.96 bits per heavy atom. The highest BCUT2D eigenvalue weighted by Crippen LogP contribution is 2.34. The van der Waals surface area contributed by atoms with E-state index in [1.165, 1.54) is 44.1 Å². The zero-order valence-corrected chi connectivity index (χ0v) is 15.4. The predicted molar refractivity (Wildman–Crippen MR) is 101 cm³/mol. The Kier molecular flexibility index (Phi) is 6.69. The summed E-state index contributed by atoms with van der Waals surface area (Å²) in [6.45, 7) is 2.63. The first-order valence-corrected chi connectivity index (χ1v) is 9.88. The number of rotatable bonds is 5. The van der Waals surface area contributed by atoms with Crippen molar-refractivity contribution in [3.63, 3.8) is 0 Å². The minimum atomic E-state index is -0.0389. The van der Waals surface area contributed by atoms with Crippen LogP contribution in [0.15, 0.2) is 36.4 Å². The molecule has 0 aromatic heterocycles. The molecule has 1 heterocycles. The van der Waals surface area contributed by atoms with Crippen LogP contribution in [0.4, 0.5) is 0 Å². The van der Waals surface area contributed by atoms with Gasteiger partial charge in [0.2, 0.25) is 5.91 Å². The molecule has 2 unspecified atom stereocenters. The van der Waals surface area contributed by atoms with E-state index < -0.39 is 0 Å². The maximum atomic E-state index is 12.0. The number of nitrogens with one attached hydrogen (secondary N) is 1. The molecule has 3 rings (SSSR count). The van der Waals surface area contributed by atoms with Crippen molar-refractivity contribution in [2.24, 2.45) is 5.92 Å². The molecule has 1 aromatic rings. The van der Waals surface area contributed by atoms with Crippen LogP contribution in [0.2, 0.25) is 0 Å². The maximum absolute atomic E-state index is 12.0. The fourth-order valence-electron chi connectivity index (χ4n) is 4.13. The van der Waals surface area contributed by atoms with Crippen molar-refractivity contribution in [2.75, 3.05) is 0 Å². The lowest BCUT2D eigenvalue weighted by Crippen LogP contribution is -2.22. The van der Waals surface area contributed by atoms with Crippen molar-refractivity contribution in [1.82, 2.24) is 5.32 Å². The summed E-state index contributed by atoms with van der Waals surface area (Å²) in [7, 11) is 0. The molecule has 0 radical (unpaired) electrons. The second-order valence-electron chi connectivity index (χ2n) is 7.61. The number of hydrogen-bond donors (Lipinski definition) is 1. The average molecular weight is 341 g/mol. The maximum Gasteiger partial charge on any atom is 0.244 e. The van der Waals surface area contributed by atoms with Crippen molar-refractivity contribution in [3.8, 4) is 0 Å². The van der Waals surface area contributed by atoms with Crippen molar-refractivity contribution >= 4 is 5.91 Å². The number of carbonyl (C=O) groups excluding carboxylic acids is 1. The van der Waals surface area contributed by atoms with E-state index in [-0.39, 0.29) is 12.0 Å². The molecule has 1 aliphatic carbocycles. The smallest absolute Gasteiger partial charge is 0.244 e. The van der Waals surface area contributed by atoms with E-state index in [9.17, 15) is 4.79 Å². The Hall–Kier alpha value is -1.61. The first-order valence-electron chi connectivity index (χ1n) is 9.88. The molecular formula is C22H31NO2. The monoisotopic (exact) mass is 341 g/mol. The lowest BCUT2D eigenvalue weighted by atomic mass is 9.92. The zero-order valence-electron chi connectivity index (χ0n) is 15.4. The number of amides is 1. The summed E-state index contributed by atoms with van der Waals surface area (Å²) < 4.78 is 6.22. The molecule has 1 saturated carbocycles. The Morgan fingerprint density at radius 1 is 1.16 bits per heavy atom. The van der Waals surface area contributed by atoms with Crippen LogP contribution in [0, 0.1) is 12.8 Å². The number of hydrogen-bond acceptors (Lipinski definition) is 2. The van der Waals surface area contributed by atoms with Crippen LogP contribution in [0.25, 0.3) is 0 Å². The highest BCUT2D eigenvalue weighted by Gasteiger charge is 2.30. The first kappa shape index (κ1) is 18.2. The van der Waals surface area contributed by atoms with Crippen LogP contribution in [-0.2, 0) is 16.1 Å². The number of ether oxygens (including phenoxy) is 1. The van der Waals surface area contributed by atoms with Crippen molar-refractivity contribution in [2.45, 2.75) is 77.0 Å². The Bertz CT molecular complexity index is 587. The van der Waals surface area contributed by atoms with Crippen LogP contribution in [0.5, 0.6) is 0 Å². The van der Waals surface area contributed by atoms with Gasteiger partial charge in [-0.3, -0.25) is 4.79 Å². The average Bonchev–Trinajstić information content (AvgIpc) is 2.92. The third-order valence-electron chi connectivity index (χ3n) is 5.52. The molecule has 1 aliphatic heterocycles. The number of aryl methyl sites for hydroxylation is 1. The summed E-state index contributed by atoms with van der Waals surface area (Å²) in [6, 6.07) is 8.22. The van der Waals surface area contributed by atoms with Gasteiger partial charge in [-0.15, -0.1) is 0 Å². The fraction of sp³-hybridized carbons (Fsp3) is 0.591. The zero-order chi connectivity index (χ0) is 17.5. The molecule has 0 bridgehead atoms. The van der Waals surface area contributed by atoms with E-state index >= 15 is 0 Å². The molecule has 0 spiro atoms. The quantitative estimate of drug-likeness (QED) is 0.623. The summed E-state index contributed by atoms with van der Waals surface area (Å²) in [5.41, 5.74) is 2.35. The van der Waals surface area contributed by atoms with E-state index in [1.54, 1.807) is 6.08 Å². The highest BCUT2D eigenvalue weighted by atomic mass is 16.5.